The van der Waals surface area contributed by atoms with Crippen LogP contribution in [0.25, 0.3) is 5.52 Å². The third-order valence-corrected chi connectivity index (χ3v) is 3.51. The van der Waals surface area contributed by atoms with Crippen LogP contribution in [0, 0.1) is 13.8 Å². The number of fused-ring (bicyclic) bond motifs is 1. The molecule has 0 unspecified atom stereocenters. The number of carbonyl (C=O) groups is 1. The molecule has 1 N–H and O–H groups in total. The molecule has 3 aromatic rings. The highest BCUT2D eigenvalue weighted by molar-refractivity contribution is 5.78. The van der Waals surface area contributed by atoms with Crippen molar-refractivity contribution in [3.05, 3.63) is 65.2 Å². The number of hydrogen-bond acceptors (Lipinski definition) is 3. The fourth-order valence-corrected chi connectivity index (χ4v) is 2.63. The highest BCUT2D eigenvalue weighted by Crippen LogP contribution is 2.10. The Morgan fingerprint density at radius 3 is 2.77 bits per heavy atom. The SMILES string of the molecule is Cc1cc(CC(=O)NCc2cccn3nccc23)cc(C)n1. The third-order valence-electron chi connectivity index (χ3n) is 3.51. The van der Waals surface area contributed by atoms with Gasteiger partial charge in [0.1, 0.15) is 0 Å². The molecule has 0 aliphatic heterocycles. The van der Waals surface area contributed by atoms with Crippen molar-refractivity contribution in [3.8, 4) is 0 Å². The minimum absolute atomic E-state index is 0.00604. The van der Waals surface area contributed by atoms with Crippen LogP contribution in [0.15, 0.2) is 42.7 Å². The minimum atomic E-state index is 0.00604. The Kier molecular flexibility index (Phi) is 3.87. The summed E-state index contributed by atoms with van der Waals surface area (Å²) in [6.45, 7) is 4.38. The average molecular weight is 294 g/mol. The van der Waals surface area contributed by atoms with Crippen molar-refractivity contribution in [2.45, 2.75) is 26.8 Å². The van der Waals surface area contributed by atoms with Crippen molar-refractivity contribution in [2.75, 3.05) is 0 Å². The van der Waals surface area contributed by atoms with Crippen LogP contribution in [0.5, 0.6) is 0 Å². The number of carbonyl (C=O) groups excluding carboxylic acids is 1. The second-order valence-electron chi connectivity index (χ2n) is 5.41. The van der Waals surface area contributed by atoms with E-state index in [1.807, 2.05) is 50.4 Å². The van der Waals surface area contributed by atoms with E-state index >= 15 is 0 Å². The first-order valence-electron chi connectivity index (χ1n) is 7.24. The van der Waals surface area contributed by atoms with Gasteiger partial charge in [-0.15, -0.1) is 0 Å². The largest absolute Gasteiger partial charge is 0.352 e. The van der Waals surface area contributed by atoms with Crippen LogP contribution in [0.3, 0.4) is 0 Å². The van der Waals surface area contributed by atoms with E-state index in [1.165, 1.54) is 0 Å². The van der Waals surface area contributed by atoms with E-state index in [4.69, 9.17) is 0 Å². The number of pyridine rings is 2. The Morgan fingerprint density at radius 1 is 1.23 bits per heavy atom. The van der Waals surface area contributed by atoms with E-state index in [0.29, 0.717) is 13.0 Å². The predicted octanol–water partition coefficient (Wildman–Crippen LogP) is 2.21. The summed E-state index contributed by atoms with van der Waals surface area (Å²) in [6, 6.07) is 9.76. The molecule has 0 bridgehead atoms. The van der Waals surface area contributed by atoms with Gasteiger partial charge in [0.15, 0.2) is 0 Å². The molecule has 5 nitrogen and oxygen atoms in total. The quantitative estimate of drug-likeness (QED) is 0.802. The molecule has 0 saturated heterocycles. The topological polar surface area (TPSA) is 59.3 Å². The Hall–Kier alpha value is -2.69. The lowest BCUT2D eigenvalue weighted by Crippen LogP contribution is -2.24. The normalized spacial score (nSPS) is 10.8. The number of aryl methyl sites for hydroxylation is 2. The highest BCUT2D eigenvalue weighted by Gasteiger charge is 2.07. The summed E-state index contributed by atoms with van der Waals surface area (Å²) in [4.78, 5) is 16.5. The first kappa shape index (κ1) is 14.3. The van der Waals surface area contributed by atoms with E-state index in [2.05, 4.69) is 15.4 Å². The Balaban J connectivity index is 1.66. The van der Waals surface area contributed by atoms with Gasteiger partial charge >= 0.3 is 0 Å². The number of nitrogens with zero attached hydrogens (tertiary/aromatic N) is 3. The van der Waals surface area contributed by atoms with Crippen LogP contribution in [-0.2, 0) is 17.8 Å². The van der Waals surface area contributed by atoms with Gasteiger partial charge in [-0.25, -0.2) is 4.52 Å². The van der Waals surface area contributed by atoms with Gasteiger partial charge in [-0.2, -0.15) is 5.10 Å². The molecule has 0 aliphatic rings. The monoisotopic (exact) mass is 294 g/mol. The van der Waals surface area contributed by atoms with E-state index in [0.717, 1.165) is 28.0 Å². The van der Waals surface area contributed by atoms with Gasteiger partial charge in [-0.05, 0) is 49.2 Å². The highest BCUT2D eigenvalue weighted by atomic mass is 16.1. The molecule has 0 aromatic carbocycles. The minimum Gasteiger partial charge on any atom is -0.352 e. The molecule has 3 heterocycles. The molecule has 112 valence electrons. The molecule has 0 saturated carbocycles. The molecule has 0 spiro atoms. The van der Waals surface area contributed by atoms with Gasteiger partial charge in [0.05, 0.1) is 11.9 Å². The summed E-state index contributed by atoms with van der Waals surface area (Å²) in [5.74, 6) is 0.00604. The van der Waals surface area contributed by atoms with Crippen molar-refractivity contribution in [1.29, 1.82) is 0 Å². The van der Waals surface area contributed by atoms with Crippen molar-refractivity contribution in [1.82, 2.24) is 19.9 Å². The molecule has 1 amide bonds. The molecule has 3 rings (SSSR count). The first-order valence-corrected chi connectivity index (χ1v) is 7.24. The lowest BCUT2D eigenvalue weighted by molar-refractivity contribution is -0.120. The van der Waals surface area contributed by atoms with Crippen molar-refractivity contribution >= 4 is 11.4 Å². The zero-order valence-corrected chi connectivity index (χ0v) is 12.7. The summed E-state index contributed by atoms with van der Waals surface area (Å²) in [6.07, 6.45) is 4.01. The molecular formula is C17H18N4O. The number of rotatable bonds is 4. The third kappa shape index (κ3) is 3.14. The number of hydrogen-bond donors (Lipinski definition) is 1. The molecule has 5 heteroatoms. The molecular weight excluding hydrogens is 276 g/mol. The van der Waals surface area contributed by atoms with Gasteiger partial charge in [0.25, 0.3) is 0 Å². The van der Waals surface area contributed by atoms with E-state index in [9.17, 15) is 4.79 Å². The molecule has 0 aliphatic carbocycles. The van der Waals surface area contributed by atoms with Crippen molar-refractivity contribution in [3.63, 3.8) is 0 Å². The van der Waals surface area contributed by atoms with Gasteiger partial charge in [0, 0.05) is 30.3 Å². The van der Waals surface area contributed by atoms with Crippen LogP contribution >= 0.6 is 0 Å². The van der Waals surface area contributed by atoms with E-state index in [1.54, 1.807) is 10.7 Å². The maximum atomic E-state index is 12.1. The zero-order valence-electron chi connectivity index (χ0n) is 12.7. The lowest BCUT2D eigenvalue weighted by Gasteiger charge is -2.08. The van der Waals surface area contributed by atoms with E-state index < -0.39 is 0 Å². The van der Waals surface area contributed by atoms with Crippen LogP contribution in [0.4, 0.5) is 0 Å². The summed E-state index contributed by atoms with van der Waals surface area (Å²) in [5.41, 5.74) is 4.93. The number of amides is 1. The van der Waals surface area contributed by atoms with Crippen LogP contribution < -0.4 is 5.32 Å². The number of aromatic nitrogens is 3. The van der Waals surface area contributed by atoms with Crippen LogP contribution in [-0.4, -0.2) is 20.5 Å². The molecule has 22 heavy (non-hydrogen) atoms. The van der Waals surface area contributed by atoms with Crippen LogP contribution in [0.2, 0.25) is 0 Å². The zero-order chi connectivity index (χ0) is 15.5. The maximum Gasteiger partial charge on any atom is 0.224 e. The molecule has 0 radical (unpaired) electrons. The molecule has 0 fully saturated rings. The Bertz CT molecular complexity index is 802. The van der Waals surface area contributed by atoms with Crippen molar-refractivity contribution in [2.24, 2.45) is 0 Å². The van der Waals surface area contributed by atoms with Gasteiger partial charge in [0.2, 0.25) is 5.91 Å². The van der Waals surface area contributed by atoms with Crippen molar-refractivity contribution < 1.29 is 4.79 Å². The summed E-state index contributed by atoms with van der Waals surface area (Å²) >= 11 is 0. The lowest BCUT2D eigenvalue weighted by atomic mass is 10.1. The first-order chi connectivity index (χ1) is 10.6. The van der Waals surface area contributed by atoms with Gasteiger partial charge < -0.3 is 5.32 Å². The fraction of sp³-hybridized carbons (Fsp3) is 0.235. The standard InChI is InChI=1S/C17H18N4O/c1-12-8-14(9-13(2)20-12)10-17(22)18-11-15-4-3-7-21-16(15)5-6-19-21/h3-9H,10-11H2,1-2H3,(H,18,22). The Morgan fingerprint density at radius 2 is 2.00 bits per heavy atom. The van der Waals surface area contributed by atoms with Crippen LogP contribution in [0.1, 0.15) is 22.5 Å². The summed E-state index contributed by atoms with van der Waals surface area (Å²) in [5, 5.41) is 7.16. The van der Waals surface area contributed by atoms with Gasteiger partial charge in [-0.3, -0.25) is 9.78 Å². The summed E-state index contributed by atoms with van der Waals surface area (Å²) in [7, 11) is 0. The van der Waals surface area contributed by atoms with E-state index in [-0.39, 0.29) is 5.91 Å². The predicted molar refractivity (Wildman–Crippen MR) is 84.5 cm³/mol. The summed E-state index contributed by atoms with van der Waals surface area (Å²) < 4.78 is 1.80. The fourth-order valence-electron chi connectivity index (χ4n) is 2.63. The Labute approximate surface area is 129 Å². The maximum absolute atomic E-state index is 12.1. The second-order valence-corrected chi connectivity index (χ2v) is 5.41. The second kappa shape index (κ2) is 5.97. The molecule has 3 aromatic heterocycles. The number of nitrogens with one attached hydrogen (secondary N) is 1. The molecule has 0 atom stereocenters. The van der Waals surface area contributed by atoms with Gasteiger partial charge in [-0.1, -0.05) is 6.07 Å². The smallest absolute Gasteiger partial charge is 0.224 e. The average Bonchev–Trinajstić information content (AvgIpc) is 2.92.